The summed E-state index contributed by atoms with van der Waals surface area (Å²) in [6.45, 7) is 6.09. The molecule has 2 aromatic rings. The molecular weight excluding hydrogens is 230 g/mol. The molecule has 0 aliphatic heterocycles. The topological polar surface area (TPSA) is 60.2 Å². The van der Waals surface area contributed by atoms with Crippen molar-refractivity contribution >= 4 is 0 Å². The standard InChI is InChI=1S/C13H17N3O2/c1-3-14-9-12-15-13(16-18-12)10-6-5-7-11(8-10)17-4-2/h5-8,14H,3-4,9H2,1-2H3. The van der Waals surface area contributed by atoms with Crippen LogP contribution in [0.1, 0.15) is 19.7 Å². The van der Waals surface area contributed by atoms with Crippen molar-refractivity contribution in [2.24, 2.45) is 0 Å². The van der Waals surface area contributed by atoms with Crippen LogP contribution < -0.4 is 10.1 Å². The molecule has 0 fully saturated rings. The van der Waals surface area contributed by atoms with Gasteiger partial charge in [-0.05, 0) is 25.6 Å². The van der Waals surface area contributed by atoms with Crippen LogP contribution in [0.4, 0.5) is 0 Å². The van der Waals surface area contributed by atoms with E-state index in [1.807, 2.05) is 38.1 Å². The van der Waals surface area contributed by atoms with Gasteiger partial charge >= 0.3 is 0 Å². The van der Waals surface area contributed by atoms with E-state index in [1.165, 1.54) is 0 Å². The Kier molecular flexibility index (Phi) is 4.30. The molecule has 5 nitrogen and oxygen atoms in total. The Balaban J connectivity index is 2.15. The van der Waals surface area contributed by atoms with Crippen LogP contribution in [0.3, 0.4) is 0 Å². The lowest BCUT2D eigenvalue weighted by Crippen LogP contribution is -2.11. The van der Waals surface area contributed by atoms with E-state index in [9.17, 15) is 0 Å². The number of hydrogen-bond acceptors (Lipinski definition) is 5. The van der Waals surface area contributed by atoms with Crippen LogP contribution in [-0.2, 0) is 6.54 Å². The molecule has 2 rings (SSSR count). The fourth-order valence-electron chi connectivity index (χ4n) is 1.57. The second-order valence-corrected chi connectivity index (χ2v) is 3.75. The number of aromatic nitrogens is 2. The van der Waals surface area contributed by atoms with E-state index in [1.54, 1.807) is 0 Å². The summed E-state index contributed by atoms with van der Waals surface area (Å²) in [6, 6.07) is 7.67. The van der Waals surface area contributed by atoms with Crippen LogP contribution in [0.2, 0.25) is 0 Å². The highest BCUT2D eigenvalue weighted by Crippen LogP contribution is 2.21. The Bertz CT molecular complexity index is 496. The smallest absolute Gasteiger partial charge is 0.240 e. The largest absolute Gasteiger partial charge is 0.494 e. The number of nitrogens with one attached hydrogen (secondary N) is 1. The van der Waals surface area contributed by atoms with Gasteiger partial charge in [0.05, 0.1) is 13.2 Å². The maximum absolute atomic E-state index is 5.44. The van der Waals surface area contributed by atoms with E-state index in [2.05, 4.69) is 15.5 Å². The first kappa shape index (κ1) is 12.6. The molecule has 1 aromatic heterocycles. The summed E-state index contributed by atoms with van der Waals surface area (Å²) >= 11 is 0. The van der Waals surface area contributed by atoms with Crippen molar-refractivity contribution < 1.29 is 9.26 Å². The molecule has 1 heterocycles. The van der Waals surface area contributed by atoms with Gasteiger partial charge in [0, 0.05) is 5.56 Å². The molecule has 0 atom stereocenters. The third-order valence-electron chi connectivity index (χ3n) is 2.40. The lowest BCUT2D eigenvalue weighted by Gasteiger charge is -2.02. The maximum Gasteiger partial charge on any atom is 0.240 e. The summed E-state index contributed by atoms with van der Waals surface area (Å²) in [5.74, 6) is 1.99. The summed E-state index contributed by atoms with van der Waals surface area (Å²) < 4.78 is 10.6. The molecule has 0 unspecified atom stereocenters. The Morgan fingerprint density at radius 1 is 1.33 bits per heavy atom. The average Bonchev–Trinajstić information content (AvgIpc) is 2.86. The normalized spacial score (nSPS) is 10.6. The lowest BCUT2D eigenvalue weighted by molar-refractivity contribution is 0.340. The highest BCUT2D eigenvalue weighted by molar-refractivity contribution is 5.56. The van der Waals surface area contributed by atoms with Crippen molar-refractivity contribution in [3.8, 4) is 17.1 Å². The van der Waals surface area contributed by atoms with Crippen molar-refractivity contribution in [2.45, 2.75) is 20.4 Å². The Morgan fingerprint density at radius 3 is 3.00 bits per heavy atom. The summed E-state index contributed by atoms with van der Waals surface area (Å²) in [6.07, 6.45) is 0. The first-order chi connectivity index (χ1) is 8.83. The summed E-state index contributed by atoms with van der Waals surface area (Å²) in [5.41, 5.74) is 0.896. The highest BCUT2D eigenvalue weighted by Gasteiger charge is 2.08. The molecule has 1 N–H and O–H groups in total. The van der Waals surface area contributed by atoms with Gasteiger partial charge in [0.2, 0.25) is 11.7 Å². The Morgan fingerprint density at radius 2 is 2.22 bits per heavy atom. The average molecular weight is 247 g/mol. The summed E-state index contributed by atoms with van der Waals surface area (Å²) in [7, 11) is 0. The van der Waals surface area contributed by atoms with Gasteiger partial charge in [-0.3, -0.25) is 0 Å². The number of ether oxygens (including phenoxy) is 1. The van der Waals surface area contributed by atoms with Gasteiger partial charge in [-0.2, -0.15) is 4.98 Å². The molecule has 0 amide bonds. The van der Waals surface area contributed by atoms with E-state index in [-0.39, 0.29) is 0 Å². The first-order valence-electron chi connectivity index (χ1n) is 6.10. The van der Waals surface area contributed by atoms with Crippen LogP contribution in [0, 0.1) is 0 Å². The minimum Gasteiger partial charge on any atom is -0.494 e. The quantitative estimate of drug-likeness (QED) is 0.848. The zero-order chi connectivity index (χ0) is 12.8. The Labute approximate surface area is 106 Å². The molecule has 1 aromatic carbocycles. The van der Waals surface area contributed by atoms with Crippen LogP contribution >= 0.6 is 0 Å². The Hall–Kier alpha value is -1.88. The molecule has 96 valence electrons. The zero-order valence-corrected chi connectivity index (χ0v) is 10.6. The summed E-state index contributed by atoms with van der Waals surface area (Å²) in [4.78, 5) is 4.32. The number of rotatable bonds is 6. The van der Waals surface area contributed by atoms with Gasteiger partial charge in [0.25, 0.3) is 0 Å². The fourth-order valence-corrected chi connectivity index (χ4v) is 1.57. The SMILES string of the molecule is CCNCc1nc(-c2cccc(OCC)c2)no1. The molecule has 0 bridgehead atoms. The predicted octanol–water partition coefficient (Wildman–Crippen LogP) is 2.24. The van der Waals surface area contributed by atoms with Crippen molar-refractivity contribution in [1.29, 1.82) is 0 Å². The van der Waals surface area contributed by atoms with Crippen molar-refractivity contribution in [3.63, 3.8) is 0 Å². The lowest BCUT2D eigenvalue weighted by atomic mass is 10.2. The van der Waals surface area contributed by atoms with Crippen molar-refractivity contribution in [2.75, 3.05) is 13.2 Å². The second-order valence-electron chi connectivity index (χ2n) is 3.75. The summed E-state index contributed by atoms with van der Waals surface area (Å²) in [5, 5.41) is 7.10. The highest BCUT2D eigenvalue weighted by atomic mass is 16.5. The maximum atomic E-state index is 5.44. The molecule has 5 heteroatoms. The van der Waals surface area contributed by atoms with Gasteiger partial charge in [-0.25, -0.2) is 0 Å². The van der Waals surface area contributed by atoms with Gasteiger partial charge in [-0.1, -0.05) is 24.2 Å². The van der Waals surface area contributed by atoms with E-state index in [0.717, 1.165) is 17.9 Å². The molecule has 0 saturated heterocycles. The predicted molar refractivity (Wildman–Crippen MR) is 68.3 cm³/mol. The minimum absolute atomic E-state index is 0.587. The third-order valence-corrected chi connectivity index (χ3v) is 2.40. The molecule has 18 heavy (non-hydrogen) atoms. The van der Waals surface area contributed by atoms with Gasteiger partial charge in [0.15, 0.2) is 0 Å². The molecule has 0 spiro atoms. The van der Waals surface area contributed by atoms with Gasteiger partial charge < -0.3 is 14.6 Å². The number of hydrogen-bond donors (Lipinski definition) is 1. The third kappa shape index (κ3) is 3.07. The van der Waals surface area contributed by atoms with Crippen molar-refractivity contribution in [1.82, 2.24) is 15.5 Å². The number of benzene rings is 1. The van der Waals surface area contributed by atoms with Crippen LogP contribution in [-0.4, -0.2) is 23.3 Å². The zero-order valence-electron chi connectivity index (χ0n) is 10.6. The van der Waals surface area contributed by atoms with E-state index in [4.69, 9.17) is 9.26 Å². The van der Waals surface area contributed by atoms with E-state index >= 15 is 0 Å². The van der Waals surface area contributed by atoms with Gasteiger partial charge in [0.1, 0.15) is 5.75 Å². The monoisotopic (exact) mass is 247 g/mol. The van der Waals surface area contributed by atoms with Crippen LogP contribution in [0.25, 0.3) is 11.4 Å². The molecule has 0 radical (unpaired) electrons. The van der Waals surface area contributed by atoms with Crippen LogP contribution in [0.15, 0.2) is 28.8 Å². The molecule has 0 aliphatic carbocycles. The first-order valence-corrected chi connectivity index (χ1v) is 6.10. The van der Waals surface area contributed by atoms with E-state index in [0.29, 0.717) is 24.9 Å². The molecule has 0 aliphatic rings. The van der Waals surface area contributed by atoms with Gasteiger partial charge in [-0.15, -0.1) is 0 Å². The minimum atomic E-state index is 0.587. The molecular formula is C13H17N3O2. The van der Waals surface area contributed by atoms with Crippen molar-refractivity contribution in [3.05, 3.63) is 30.2 Å². The molecule has 0 saturated carbocycles. The van der Waals surface area contributed by atoms with E-state index < -0.39 is 0 Å². The number of nitrogens with zero attached hydrogens (tertiary/aromatic N) is 2. The second kappa shape index (κ2) is 6.16. The fraction of sp³-hybridized carbons (Fsp3) is 0.385. The van der Waals surface area contributed by atoms with Crippen LogP contribution in [0.5, 0.6) is 5.75 Å².